The van der Waals surface area contributed by atoms with Crippen LogP contribution in [-0.4, -0.2) is 82.4 Å². The Morgan fingerprint density at radius 2 is 1.60 bits per heavy atom. The van der Waals surface area contributed by atoms with Crippen molar-refractivity contribution >= 4 is 54.2 Å². The number of nitrogens with one attached hydrogen (secondary N) is 1. The van der Waals surface area contributed by atoms with Crippen LogP contribution in [0.3, 0.4) is 0 Å². The fourth-order valence-electron chi connectivity index (χ4n) is 7.99. The van der Waals surface area contributed by atoms with Crippen LogP contribution in [-0.2, 0) is 66.4 Å². The Labute approximate surface area is 383 Å². The molecule has 3 aromatic heterocycles. The molecule has 0 unspecified atom stereocenters. The molecule has 0 aliphatic heterocycles. The number of halogens is 8. The zero-order chi connectivity index (χ0) is 50.1. The number of hydrogen-bond acceptors (Lipinski definition) is 10. The van der Waals surface area contributed by atoms with E-state index in [1.165, 1.54) is 38.1 Å². The van der Waals surface area contributed by atoms with Gasteiger partial charge in [0.15, 0.2) is 27.1 Å². The number of fused-ring (bicyclic) bond motifs is 4. The summed E-state index contributed by atoms with van der Waals surface area (Å²) in [7, 11) is -8.53. The largest absolute Gasteiger partial charge is 0.435 e. The second kappa shape index (κ2) is 17.6. The number of carbonyl (C=O) groups excluding carboxylic acids is 3. The second-order valence-corrected chi connectivity index (χ2v) is 21.4. The highest BCUT2D eigenvalue weighted by molar-refractivity contribution is 7.93. The number of benzene rings is 2. The molecule has 1 saturated carbocycles. The number of pyridine rings is 1. The van der Waals surface area contributed by atoms with Crippen LogP contribution in [0, 0.1) is 29.4 Å². The van der Waals surface area contributed by atoms with Gasteiger partial charge in [0.2, 0.25) is 15.9 Å². The van der Waals surface area contributed by atoms with Crippen molar-refractivity contribution < 1.29 is 66.3 Å². The number of aromatic nitrogens is 5. The average molecular weight is 994 g/mol. The Bertz CT molecular complexity index is 3220. The number of alkyl halides is 6. The van der Waals surface area contributed by atoms with E-state index in [0.717, 1.165) is 42.1 Å². The van der Waals surface area contributed by atoms with Gasteiger partial charge < -0.3 is 5.32 Å². The zero-order valence-corrected chi connectivity index (χ0v) is 38.1. The van der Waals surface area contributed by atoms with Crippen LogP contribution in [0.2, 0.25) is 0 Å². The van der Waals surface area contributed by atoms with Gasteiger partial charge in [-0.2, -0.15) is 40.8 Å². The monoisotopic (exact) mass is 993 g/mol. The lowest BCUT2D eigenvalue weighted by Crippen LogP contribution is -2.35. The van der Waals surface area contributed by atoms with Gasteiger partial charge in [-0.05, 0) is 99.8 Å². The van der Waals surface area contributed by atoms with Crippen molar-refractivity contribution in [1.82, 2.24) is 29.9 Å². The SMILES string of the molecule is CC(=O)/C=C/C(=O)N(c1nn(CC(F)(F)F)c2c(-c3ccc(C#CC(C)(C)S(C)(=O)=O)nc3[C@H](Cc3cc(F)cc(F)c3)NC(=O)Cn3nc(C(F)(F)F)c4c3C[C@@H]3C[C@H]43)cccc12)S(C)(=O)=O. The summed E-state index contributed by atoms with van der Waals surface area (Å²) in [6.45, 7) is 0.979. The highest BCUT2D eigenvalue weighted by Gasteiger charge is 2.53. The van der Waals surface area contributed by atoms with Crippen molar-refractivity contribution in [2.45, 2.75) is 82.2 Å². The first kappa shape index (κ1) is 49.4. The van der Waals surface area contributed by atoms with Crippen LogP contribution in [0.4, 0.5) is 40.9 Å². The third-order valence-electron chi connectivity index (χ3n) is 11.3. The minimum atomic E-state index is -5.04. The molecular formula is C44H39F8N7O7S2. The van der Waals surface area contributed by atoms with Crippen LogP contribution < -0.4 is 9.62 Å². The van der Waals surface area contributed by atoms with E-state index in [-0.39, 0.29) is 67.3 Å². The summed E-state index contributed by atoms with van der Waals surface area (Å²) >= 11 is 0. The van der Waals surface area contributed by atoms with Gasteiger partial charge in [-0.3, -0.25) is 23.7 Å². The van der Waals surface area contributed by atoms with Gasteiger partial charge in [0.25, 0.3) is 5.91 Å². The van der Waals surface area contributed by atoms with Crippen LogP contribution >= 0.6 is 0 Å². The highest BCUT2D eigenvalue weighted by Crippen LogP contribution is 2.59. The molecule has 1 N–H and O–H groups in total. The average Bonchev–Trinajstić information content (AvgIpc) is 3.52. The third kappa shape index (κ3) is 10.5. The van der Waals surface area contributed by atoms with Crippen molar-refractivity contribution in [2.24, 2.45) is 5.92 Å². The lowest BCUT2D eigenvalue weighted by Gasteiger charge is -2.23. The number of para-hydroxylation sites is 1. The maximum Gasteiger partial charge on any atom is 0.435 e. The smallest absolute Gasteiger partial charge is 0.346 e. The minimum absolute atomic E-state index is 0.0109. The summed E-state index contributed by atoms with van der Waals surface area (Å²) < 4.78 is 166. The summed E-state index contributed by atoms with van der Waals surface area (Å²) in [5.74, 6) is -1.16. The number of sulfonamides is 1. The normalized spacial score (nSPS) is 16.5. The van der Waals surface area contributed by atoms with Crippen LogP contribution in [0.1, 0.15) is 73.1 Å². The molecule has 5 aromatic rings. The molecule has 0 bridgehead atoms. The van der Waals surface area contributed by atoms with Gasteiger partial charge in [0, 0.05) is 46.2 Å². The van der Waals surface area contributed by atoms with E-state index >= 15 is 0 Å². The van der Waals surface area contributed by atoms with E-state index in [0.29, 0.717) is 29.5 Å². The number of ketones is 1. The molecule has 2 aromatic carbocycles. The quantitative estimate of drug-likeness (QED) is 0.0774. The van der Waals surface area contributed by atoms with Crippen molar-refractivity contribution in [3.8, 4) is 23.0 Å². The Kier molecular flexibility index (Phi) is 12.8. The molecule has 3 heterocycles. The topological polar surface area (TPSA) is 183 Å². The summed E-state index contributed by atoms with van der Waals surface area (Å²) in [4.78, 5) is 43.8. The number of nitrogens with zero attached hydrogens (tertiary/aromatic N) is 6. The van der Waals surface area contributed by atoms with Crippen molar-refractivity contribution in [3.63, 3.8) is 0 Å². The van der Waals surface area contributed by atoms with E-state index in [1.807, 2.05) is 0 Å². The number of carbonyl (C=O) groups is 3. The molecule has 3 atom stereocenters. The molecule has 0 spiro atoms. The zero-order valence-electron chi connectivity index (χ0n) is 36.4. The van der Waals surface area contributed by atoms with Crippen molar-refractivity contribution in [1.29, 1.82) is 0 Å². The Morgan fingerprint density at radius 1 is 0.926 bits per heavy atom. The number of sulfone groups is 1. The van der Waals surface area contributed by atoms with E-state index < -0.39 is 109 Å². The molecule has 7 rings (SSSR count). The molecule has 1 fully saturated rings. The molecule has 2 amide bonds. The molecule has 24 heteroatoms. The van der Waals surface area contributed by atoms with Crippen molar-refractivity contribution in [2.75, 3.05) is 16.8 Å². The molecule has 0 saturated heterocycles. The number of rotatable bonds is 13. The summed E-state index contributed by atoms with van der Waals surface area (Å²) in [6, 6.07) is 7.00. The van der Waals surface area contributed by atoms with Crippen LogP contribution in [0.15, 0.2) is 60.7 Å². The standard InChI is InChI=1S/C44H39F8N7O7S2/c1-23(60)9-12-36(62)59(68(5,65)66)41-31-8-6-7-30(39(31)58(56-41)22-43(47,48)49)29-11-10-28(13-14-42(2,3)67(4,63)64)53-38(29)33(17-24-15-26(45)20-27(46)16-24)54-35(61)21-57-34-19-25-18-32(25)37(34)40(55-57)44(50,51)52/h6-12,15-16,20,25,32-33H,17-19,21-22H2,1-5H3,(H,54,61)/b12-9+/t25-,32-,33-/m0/s1. The van der Waals surface area contributed by atoms with Crippen molar-refractivity contribution in [3.05, 3.63) is 106 Å². The Hall–Kier alpha value is -6.48. The first-order valence-corrected chi connectivity index (χ1v) is 24.1. The third-order valence-corrected chi connectivity index (χ3v) is 14.3. The van der Waals surface area contributed by atoms with E-state index in [9.17, 15) is 66.3 Å². The van der Waals surface area contributed by atoms with Gasteiger partial charge in [-0.1, -0.05) is 18.1 Å². The fourth-order valence-corrected chi connectivity index (χ4v) is 9.06. The highest BCUT2D eigenvalue weighted by atomic mass is 32.2. The molecule has 68 heavy (non-hydrogen) atoms. The Balaban J connectivity index is 1.46. The van der Waals surface area contributed by atoms with Gasteiger partial charge in [0.1, 0.15) is 35.2 Å². The van der Waals surface area contributed by atoms with Gasteiger partial charge in [0.05, 0.1) is 23.5 Å². The summed E-state index contributed by atoms with van der Waals surface area (Å²) in [5.41, 5.74) is -2.35. The predicted molar refractivity (Wildman–Crippen MR) is 230 cm³/mol. The molecule has 2 aliphatic carbocycles. The van der Waals surface area contributed by atoms with Crippen LogP contribution in [0.5, 0.6) is 0 Å². The summed E-state index contributed by atoms with van der Waals surface area (Å²) in [5, 5.41) is 9.98. The molecule has 360 valence electrons. The number of anilines is 1. The molecule has 0 radical (unpaired) electrons. The number of amides is 2. The maximum absolute atomic E-state index is 14.8. The van der Waals surface area contributed by atoms with Gasteiger partial charge >= 0.3 is 12.4 Å². The second-order valence-electron chi connectivity index (χ2n) is 17.0. The molecule has 2 aliphatic rings. The lowest BCUT2D eigenvalue weighted by atomic mass is 9.93. The van der Waals surface area contributed by atoms with Gasteiger partial charge in [-0.15, -0.1) is 0 Å². The first-order chi connectivity index (χ1) is 31.4. The predicted octanol–water partition coefficient (Wildman–Crippen LogP) is 6.53. The van der Waals surface area contributed by atoms with Crippen LogP contribution in [0.25, 0.3) is 22.0 Å². The molecule has 14 nitrogen and oxygen atoms in total. The Morgan fingerprint density at radius 3 is 2.21 bits per heavy atom. The number of hydrogen-bond donors (Lipinski definition) is 1. The minimum Gasteiger partial charge on any atom is -0.346 e. The van der Waals surface area contributed by atoms with E-state index in [2.05, 4.69) is 32.3 Å². The molecular weight excluding hydrogens is 955 g/mol. The fraction of sp³-hybridized carbons (Fsp3) is 0.364. The van der Waals surface area contributed by atoms with Gasteiger partial charge in [-0.25, -0.2) is 30.6 Å². The number of allylic oxidation sites excluding steroid dienone is 1. The summed E-state index contributed by atoms with van der Waals surface area (Å²) in [6.07, 6.45) is -6.88. The first-order valence-electron chi connectivity index (χ1n) is 20.4. The van der Waals surface area contributed by atoms with E-state index in [4.69, 9.17) is 0 Å². The maximum atomic E-state index is 14.8. The van der Waals surface area contributed by atoms with E-state index in [1.54, 1.807) is 0 Å². The lowest BCUT2D eigenvalue weighted by molar-refractivity contribution is -0.142.